The lowest BCUT2D eigenvalue weighted by Crippen LogP contribution is -2.41. The largest absolute Gasteiger partial charge is 0.388 e. The summed E-state index contributed by atoms with van der Waals surface area (Å²) in [5, 5.41) is 25.2. The van der Waals surface area contributed by atoms with Gasteiger partial charge in [0, 0.05) is 26.7 Å². The number of aryl methyl sites for hydroxylation is 1. The second-order valence-corrected chi connectivity index (χ2v) is 7.05. The average Bonchev–Trinajstić information content (AvgIpc) is 3.35. The smallest absolute Gasteiger partial charge is 0.191 e. The Morgan fingerprint density at radius 3 is 2.82 bits per heavy atom. The maximum atomic E-state index is 10.3. The minimum Gasteiger partial charge on any atom is -0.388 e. The average molecular weight is 387 g/mol. The van der Waals surface area contributed by atoms with Crippen molar-refractivity contribution in [1.29, 1.82) is 0 Å². The summed E-state index contributed by atoms with van der Waals surface area (Å²) in [6.45, 7) is 4.49. The Labute approximate surface area is 166 Å². The van der Waals surface area contributed by atoms with Gasteiger partial charge in [-0.2, -0.15) is 0 Å². The van der Waals surface area contributed by atoms with Crippen molar-refractivity contribution in [2.24, 2.45) is 12.0 Å². The lowest BCUT2D eigenvalue weighted by atomic mass is 10.1. The number of nitrogens with one attached hydrogen (secondary N) is 2. The SMILES string of the molecule is Cc1nnc(CN=C(NCCC(O)c2ccccc2)NCC2CCCO2)n1C. The van der Waals surface area contributed by atoms with Crippen LogP contribution in [-0.2, 0) is 18.3 Å². The molecule has 1 aliphatic heterocycles. The lowest BCUT2D eigenvalue weighted by molar-refractivity contribution is 0.113. The monoisotopic (exact) mass is 386 g/mol. The van der Waals surface area contributed by atoms with Crippen LogP contribution >= 0.6 is 0 Å². The number of nitrogens with zero attached hydrogens (tertiary/aromatic N) is 4. The molecule has 0 aliphatic carbocycles. The topological polar surface area (TPSA) is 96.6 Å². The number of guanidine groups is 1. The van der Waals surface area contributed by atoms with E-state index in [1.807, 2.05) is 48.9 Å². The molecule has 0 radical (unpaired) electrons. The van der Waals surface area contributed by atoms with Gasteiger partial charge in [0.15, 0.2) is 11.8 Å². The fraction of sp³-hybridized carbons (Fsp3) is 0.550. The Morgan fingerprint density at radius 2 is 2.14 bits per heavy atom. The Balaban J connectivity index is 1.55. The number of rotatable bonds is 8. The van der Waals surface area contributed by atoms with Crippen LogP contribution in [-0.4, -0.2) is 51.6 Å². The van der Waals surface area contributed by atoms with E-state index in [0.717, 1.165) is 36.7 Å². The zero-order valence-corrected chi connectivity index (χ0v) is 16.6. The van der Waals surface area contributed by atoms with E-state index >= 15 is 0 Å². The van der Waals surface area contributed by atoms with E-state index in [0.29, 0.717) is 32.0 Å². The second kappa shape index (κ2) is 10.2. The first-order valence-corrected chi connectivity index (χ1v) is 9.85. The summed E-state index contributed by atoms with van der Waals surface area (Å²) in [5.74, 6) is 2.36. The van der Waals surface area contributed by atoms with Gasteiger partial charge in [0.2, 0.25) is 0 Å². The summed E-state index contributed by atoms with van der Waals surface area (Å²) in [6, 6.07) is 9.69. The van der Waals surface area contributed by atoms with Crippen molar-refractivity contribution < 1.29 is 9.84 Å². The second-order valence-electron chi connectivity index (χ2n) is 7.05. The van der Waals surface area contributed by atoms with Crippen LogP contribution in [0, 0.1) is 6.92 Å². The first-order valence-electron chi connectivity index (χ1n) is 9.85. The molecule has 0 bridgehead atoms. The molecule has 2 unspecified atom stereocenters. The number of hydrogen-bond donors (Lipinski definition) is 3. The highest BCUT2D eigenvalue weighted by Gasteiger charge is 2.16. The minimum atomic E-state index is -0.505. The van der Waals surface area contributed by atoms with Crippen LogP contribution in [0.4, 0.5) is 0 Å². The van der Waals surface area contributed by atoms with Crippen LogP contribution in [0.1, 0.15) is 42.6 Å². The first-order chi connectivity index (χ1) is 13.6. The number of aromatic nitrogens is 3. The highest BCUT2D eigenvalue weighted by molar-refractivity contribution is 5.79. The van der Waals surface area contributed by atoms with Crippen LogP contribution < -0.4 is 10.6 Å². The van der Waals surface area contributed by atoms with Crippen molar-refractivity contribution in [3.8, 4) is 0 Å². The molecule has 1 aliphatic rings. The van der Waals surface area contributed by atoms with Gasteiger partial charge in [0.1, 0.15) is 12.4 Å². The first kappa shape index (κ1) is 20.3. The highest BCUT2D eigenvalue weighted by atomic mass is 16.5. The molecular formula is C20H30N6O2. The summed E-state index contributed by atoms with van der Waals surface area (Å²) >= 11 is 0. The third-order valence-electron chi connectivity index (χ3n) is 4.98. The predicted octanol–water partition coefficient (Wildman–Crippen LogP) is 1.46. The molecule has 28 heavy (non-hydrogen) atoms. The van der Waals surface area contributed by atoms with Gasteiger partial charge in [0.25, 0.3) is 0 Å². The summed E-state index contributed by atoms with van der Waals surface area (Å²) in [4.78, 5) is 4.63. The maximum Gasteiger partial charge on any atom is 0.191 e. The summed E-state index contributed by atoms with van der Waals surface area (Å²) in [7, 11) is 1.93. The van der Waals surface area contributed by atoms with Gasteiger partial charge in [-0.3, -0.25) is 0 Å². The van der Waals surface area contributed by atoms with Gasteiger partial charge in [-0.05, 0) is 31.7 Å². The number of hydrogen-bond acceptors (Lipinski definition) is 5. The quantitative estimate of drug-likeness (QED) is 0.470. The Morgan fingerprint density at radius 1 is 1.32 bits per heavy atom. The number of aliphatic imine (C=N–C) groups is 1. The molecule has 152 valence electrons. The van der Waals surface area contributed by atoms with Crippen LogP contribution in [0.15, 0.2) is 35.3 Å². The molecule has 0 saturated carbocycles. The Kier molecular flexibility index (Phi) is 7.39. The minimum absolute atomic E-state index is 0.221. The number of aliphatic hydroxyl groups is 1. The molecule has 8 nitrogen and oxygen atoms in total. The van der Waals surface area contributed by atoms with E-state index in [9.17, 15) is 5.11 Å². The van der Waals surface area contributed by atoms with Crippen molar-refractivity contribution in [2.75, 3.05) is 19.7 Å². The van der Waals surface area contributed by atoms with Crippen molar-refractivity contribution in [2.45, 2.75) is 44.9 Å². The zero-order valence-electron chi connectivity index (χ0n) is 16.6. The molecule has 1 aromatic heterocycles. The van der Waals surface area contributed by atoms with E-state index in [1.54, 1.807) is 0 Å². The molecule has 2 atom stereocenters. The Hall–Kier alpha value is -2.45. The molecule has 2 heterocycles. The molecule has 8 heteroatoms. The number of benzene rings is 1. The van der Waals surface area contributed by atoms with Gasteiger partial charge < -0.3 is 25.0 Å². The summed E-state index contributed by atoms with van der Waals surface area (Å²) < 4.78 is 7.61. The van der Waals surface area contributed by atoms with Crippen LogP contribution in [0.2, 0.25) is 0 Å². The van der Waals surface area contributed by atoms with Gasteiger partial charge in [-0.15, -0.1) is 10.2 Å². The molecular weight excluding hydrogens is 356 g/mol. The highest BCUT2D eigenvalue weighted by Crippen LogP contribution is 2.15. The lowest BCUT2D eigenvalue weighted by Gasteiger charge is -2.17. The van der Waals surface area contributed by atoms with Crippen molar-refractivity contribution in [3.63, 3.8) is 0 Å². The van der Waals surface area contributed by atoms with Crippen LogP contribution in [0.25, 0.3) is 0 Å². The third kappa shape index (κ3) is 5.77. The maximum absolute atomic E-state index is 10.3. The number of aliphatic hydroxyl groups excluding tert-OH is 1. The Bertz CT molecular complexity index is 755. The molecule has 2 aromatic rings. The predicted molar refractivity (Wildman–Crippen MR) is 108 cm³/mol. The molecule has 1 saturated heterocycles. The van der Waals surface area contributed by atoms with Gasteiger partial charge in [-0.1, -0.05) is 30.3 Å². The van der Waals surface area contributed by atoms with Crippen molar-refractivity contribution >= 4 is 5.96 Å². The summed E-state index contributed by atoms with van der Waals surface area (Å²) in [5.41, 5.74) is 0.921. The van der Waals surface area contributed by atoms with E-state index < -0.39 is 6.10 Å². The van der Waals surface area contributed by atoms with E-state index in [-0.39, 0.29) is 6.10 Å². The molecule has 3 N–H and O–H groups in total. The molecule has 0 amide bonds. The standard InChI is InChI=1S/C20H30N6O2/c1-15-24-25-19(26(15)2)14-23-20(22-13-17-9-6-12-28-17)21-11-10-18(27)16-7-4-3-5-8-16/h3-5,7-8,17-18,27H,6,9-14H2,1-2H3,(H2,21,22,23). The van der Waals surface area contributed by atoms with Gasteiger partial charge in [0.05, 0.1) is 12.2 Å². The normalized spacial score (nSPS) is 18.2. The molecule has 0 spiro atoms. The molecule has 1 aromatic carbocycles. The fourth-order valence-electron chi connectivity index (χ4n) is 3.10. The molecule has 1 fully saturated rings. The van der Waals surface area contributed by atoms with Crippen molar-refractivity contribution in [3.05, 3.63) is 47.5 Å². The fourth-order valence-corrected chi connectivity index (χ4v) is 3.10. The van der Waals surface area contributed by atoms with E-state index in [1.165, 1.54) is 0 Å². The van der Waals surface area contributed by atoms with Gasteiger partial charge in [-0.25, -0.2) is 4.99 Å². The van der Waals surface area contributed by atoms with E-state index in [2.05, 4.69) is 25.8 Å². The van der Waals surface area contributed by atoms with Crippen LogP contribution in [0.5, 0.6) is 0 Å². The van der Waals surface area contributed by atoms with Crippen molar-refractivity contribution in [1.82, 2.24) is 25.4 Å². The van der Waals surface area contributed by atoms with Crippen LogP contribution in [0.3, 0.4) is 0 Å². The van der Waals surface area contributed by atoms with Gasteiger partial charge >= 0.3 is 0 Å². The molecule has 3 rings (SSSR count). The third-order valence-corrected chi connectivity index (χ3v) is 4.98. The zero-order chi connectivity index (χ0) is 19.8. The summed E-state index contributed by atoms with van der Waals surface area (Å²) in [6.07, 6.45) is 2.48. The number of ether oxygens (including phenoxy) is 1. The van der Waals surface area contributed by atoms with E-state index in [4.69, 9.17) is 4.74 Å².